The van der Waals surface area contributed by atoms with Crippen LogP contribution in [0.15, 0.2) is 44.4 Å². The average Bonchev–Trinajstić information content (AvgIpc) is 3.38. The van der Waals surface area contributed by atoms with Crippen molar-refractivity contribution in [1.82, 2.24) is 25.8 Å². The maximum atomic E-state index is 5.81. The van der Waals surface area contributed by atoms with Crippen molar-refractivity contribution in [2.45, 2.75) is 59.0 Å². The van der Waals surface area contributed by atoms with Gasteiger partial charge in [-0.3, -0.25) is 4.99 Å². The first-order valence-corrected chi connectivity index (χ1v) is 10.2. The van der Waals surface area contributed by atoms with Crippen LogP contribution in [-0.4, -0.2) is 28.1 Å². The Morgan fingerprint density at radius 1 is 1.16 bits per heavy atom. The average molecular weight is 538 g/mol. The minimum atomic E-state index is -0.0636. The molecule has 168 valence electrons. The van der Waals surface area contributed by atoms with Gasteiger partial charge in [0.05, 0.1) is 12.7 Å². The molecule has 3 rings (SSSR count). The Bertz CT molecular complexity index is 990. The van der Waals surface area contributed by atoms with Crippen molar-refractivity contribution in [2.75, 3.05) is 7.05 Å². The lowest BCUT2D eigenvalue weighted by Gasteiger charge is -2.13. The summed E-state index contributed by atoms with van der Waals surface area (Å²) in [5, 5.41) is 10.5. The van der Waals surface area contributed by atoms with Gasteiger partial charge in [-0.05, 0) is 24.1 Å². The number of benzene rings is 1. The van der Waals surface area contributed by atoms with E-state index in [1.54, 1.807) is 13.2 Å². The Morgan fingerprint density at radius 3 is 2.61 bits per heavy atom. The molecule has 31 heavy (non-hydrogen) atoms. The highest BCUT2D eigenvalue weighted by atomic mass is 127. The fourth-order valence-corrected chi connectivity index (χ4v) is 2.82. The Balaban J connectivity index is 0.00000341. The van der Waals surface area contributed by atoms with E-state index in [1.165, 1.54) is 0 Å². The standard InChI is InChI=1S/C22H30N6O2.HI/c1-6-8-18-27-20(30-28-18)16-10-7-9-15(11-16)12-25-21(23-5)26-14-19-24-13-17(29-19)22(2,3)4;/h7,9-11,13H,6,8,12,14H2,1-5H3,(H2,23,25,26);1H. The van der Waals surface area contributed by atoms with Gasteiger partial charge in [0.15, 0.2) is 11.8 Å². The van der Waals surface area contributed by atoms with Gasteiger partial charge in [0.1, 0.15) is 5.76 Å². The van der Waals surface area contributed by atoms with Crippen molar-refractivity contribution in [3.8, 4) is 11.5 Å². The third-order valence-corrected chi connectivity index (χ3v) is 4.50. The van der Waals surface area contributed by atoms with Gasteiger partial charge in [0.25, 0.3) is 5.89 Å². The molecule has 0 aliphatic carbocycles. The summed E-state index contributed by atoms with van der Waals surface area (Å²) < 4.78 is 11.2. The molecule has 0 aliphatic heterocycles. The molecular formula is C22H31IN6O2. The predicted octanol–water partition coefficient (Wildman–Crippen LogP) is 4.46. The van der Waals surface area contributed by atoms with Gasteiger partial charge in [-0.25, -0.2) is 4.98 Å². The van der Waals surface area contributed by atoms with Crippen LogP contribution < -0.4 is 10.6 Å². The lowest BCUT2D eigenvalue weighted by atomic mass is 9.94. The number of hydrogen-bond acceptors (Lipinski definition) is 6. The minimum Gasteiger partial charge on any atom is -0.443 e. The largest absolute Gasteiger partial charge is 0.443 e. The number of rotatable bonds is 7. The van der Waals surface area contributed by atoms with Gasteiger partial charge in [-0.2, -0.15) is 4.98 Å². The van der Waals surface area contributed by atoms with Crippen LogP contribution in [0.4, 0.5) is 0 Å². The molecule has 0 saturated heterocycles. The Hall–Kier alpha value is -2.43. The van der Waals surface area contributed by atoms with Gasteiger partial charge < -0.3 is 19.6 Å². The van der Waals surface area contributed by atoms with Crippen LogP contribution in [0.3, 0.4) is 0 Å². The number of aryl methyl sites for hydroxylation is 1. The van der Waals surface area contributed by atoms with E-state index in [0.29, 0.717) is 30.8 Å². The highest BCUT2D eigenvalue weighted by molar-refractivity contribution is 14.0. The summed E-state index contributed by atoms with van der Waals surface area (Å²) in [6.45, 7) is 9.43. The van der Waals surface area contributed by atoms with Crippen molar-refractivity contribution in [3.63, 3.8) is 0 Å². The molecule has 2 N–H and O–H groups in total. The van der Waals surface area contributed by atoms with Crippen LogP contribution in [0.1, 0.15) is 57.2 Å². The van der Waals surface area contributed by atoms with Crippen LogP contribution in [0.2, 0.25) is 0 Å². The van der Waals surface area contributed by atoms with Crippen molar-refractivity contribution >= 4 is 29.9 Å². The molecule has 0 unspecified atom stereocenters. The second-order valence-electron chi connectivity index (χ2n) is 8.11. The summed E-state index contributed by atoms with van der Waals surface area (Å²) >= 11 is 0. The van der Waals surface area contributed by atoms with Crippen LogP contribution in [0.5, 0.6) is 0 Å². The predicted molar refractivity (Wildman–Crippen MR) is 131 cm³/mol. The van der Waals surface area contributed by atoms with Crippen LogP contribution in [0, 0.1) is 0 Å². The zero-order chi connectivity index (χ0) is 21.6. The smallest absolute Gasteiger partial charge is 0.257 e. The molecule has 0 aliphatic rings. The lowest BCUT2D eigenvalue weighted by molar-refractivity contribution is 0.379. The van der Waals surface area contributed by atoms with E-state index in [1.807, 2.05) is 24.3 Å². The van der Waals surface area contributed by atoms with E-state index in [-0.39, 0.29) is 29.4 Å². The molecule has 2 heterocycles. The summed E-state index contributed by atoms with van der Waals surface area (Å²) in [5.74, 6) is 3.44. The first-order valence-electron chi connectivity index (χ1n) is 10.2. The molecule has 3 aromatic rings. The Morgan fingerprint density at radius 2 is 1.94 bits per heavy atom. The molecule has 2 aromatic heterocycles. The molecule has 0 atom stereocenters. The molecule has 0 fully saturated rings. The summed E-state index contributed by atoms with van der Waals surface area (Å²) in [4.78, 5) is 13.0. The van der Waals surface area contributed by atoms with Gasteiger partial charge in [0, 0.05) is 31.0 Å². The fourth-order valence-electron chi connectivity index (χ4n) is 2.82. The first kappa shape index (κ1) is 24.8. The third kappa shape index (κ3) is 7.05. The highest BCUT2D eigenvalue weighted by Gasteiger charge is 2.19. The second-order valence-corrected chi connectivity index (χ2v) is 8.11. The van der Waals surface area contributed by atoms with Crippen molar-refractivity contribution in [1.29, 1.82) is 0 Å². The normalized spacial score (nSPS) is 11.8. The second kappa shape index (κ2) is 11.3. The Labute approximate surface area is 200 Å². The van der Waals surface area contributed by atoms with Crippen molar-refractivity contribution in [3.05, 3.63) is 53.5 Å². The lowest BCUT2D eigenvalue weighted by Crippen LogP contribution is -2.36. The highest BCUT2D eigenvalue weighted by Crippen LogP contribution is 2.22. The van der Waals surface area contributed by atoms with E-state index in [9.17, 15) is 0 Å². The molecular weight excluding hydrogens is 507 g/mol. The maximum absolute atomic E-state index is 5.81. The van der Waals surface area contributed by atoms with Gasteiger partial charge in [-0.15, -0.1) is 24.0 Å². The number of nitrogens with one attached hydrogen (secondary N) is 2. The summed E-state index contributed by atoms with van der Waals surface area (Å²) in [7, 11) is 1.73. The third-order valence-electron chi connectivity index (χ3n) is 4.50. The molecule has 0 bridgehead atoms. The SMILES string of the molecule is CCCc1noc(-c2cccc(CNC(=NC)NCc3ncc(C(C)(C)C)o3)c2)n1.I. The number of guanidine groups is 1. The molecule has 0 saturated carbocycles. The van der Waals surface area contributed by atoms with E-state index in [0.717, 1.165) is 35.6 Å². The van der Waals surface area contributed by atoms with Gasteiger partial charge in [-0.1, -0.05) is 45.0 Å². The number of nitrogens with zero attached hydrogens (tertiary/aromatic N) is 4. The summed E-state index contributed by atoms with van der Waals surface area (Å²) in [5.41, 5.74) is 1.92. The van der Waals surface area contributed by atoms with Crippen LogP contribution >= 0.6 is 24.0 Å². The van der Waals surface area contributed by atoms with E-state index >= 15 is 0 Å². The van der Waals surface area contributed by atoms with E-state index < -0.39 is 0 Å². The molecule has 8 nitrogen and oxygen atoms in total. The number of aromatic nitrogens is 3. The molecule has 0 amide bonds. The number of oxazole rings is 1. The van der Waals surface area contributed by atoms with Crippen LogP contribution in [0.25, 0.3) is 11.5 Å². The van der Waals surface area contributed by atoms with Crippen LogP contribution in [-0.2, 0) is 24.9 Å². The molecule has 1 aromatic carbocycles. The maximum Gasteiger partial charge on any atom is 0.257 e. The van der Waals surface area contributed by atoms with Gasteiger partial charge >= 0.3 is 0 Å². The number of hydrogen-bond donors (Lipinski definition) is 2. The summed E-state index contributed by atoms with van der Waals surface area (Å²) in [6, 6.07) is 8.02. The monoisotopic (exact) mass is 538 g/mol. The van der Waals surface area contributed by atoms with E-state index in [4.69, 9.17) is 8.94 Å². The fraction of sp³-hybridized carbons (Fsp3) is 0.455. The van der Waals surface area contributed by atoms with Crippen molar-refractivity contribution < 1.29 is 8.94 Å². The van der Waals surface area contributed by atoms with Gasteiger partial charge in [0.2, 0.25) is 5.89 Å². The minimum absolute atomic E-state index is 0. The quantitative estimate of drug-likeness (QED) is 0.260. The topological polar surface area (TPSA) is 101 Å². The summed E-state index contributed by atoms with van der Waals surface area (Å²) in [6.07, 6.45) is 3.58. The Kier molecular flexibility index (Phi) is 9.02. The zero-order valence-electron chi connectivity index (χ0n) is 18.7. The first-order chi connectivity index (χ1) is 14.4. The molecule has 9 heteroatoms. The molecule has 0 radical (unpaired) electrons. The number of aliphatic imine (C=N–C) groups is 1. The molecule has 0 spiro atoms. The van der Waals surface area contributed by atoms with E-state index in [2.05, 4.69) is 58.4 Å². The number of halogens is 1. The zero-order valence-corrected chi connectivity index (χ0v) is 21.1. The van der Waals surface area contributed by atoms with Crippen molar-refractivity contribution in [2.24, 2.45) is 4.99 Å².